The Morgan fingerprint density at radius 1 is 1.23 bits per heavy atom. The number of ether oxygens (including phenoxy) is 3. The Bertz CT molecular complexity index is 882. The Balaban J connectivity index is 1.72. The Morgan fingerprint density at radius 3 is 2.65 bits per heavy atom. The van der Waals surface area contributed by atoms with Gasteiger partial charge in [0.05, 0.1) is 5.02 Å². The lowest BCUT2D eigenvalue weighted by Crippen LogP contribution is -2.25. The SMILES string of the molecule is NC(=O)C(OC(=O)C=Cc1cc(Cl)c2c(c1)OCO2)c1ccc(F)cc1. The van der Waals surface area contributed by atoms with Crippen LogP contribution >= 0.6 is 11.6 Å². The maximum absolute atomic E-state index is 13.0. The minimum absolute atomic E-state index is 0.0717. The highest BCUT2D eigenvalue weighted by Crippen LogP contribution is 2.40. The smallest absolute Gasteiger partial charge is 0.331 e. The lowest BCUT2D eigenvalue weighted by molar-refractivity contribution is -0.150. The number of primary amides is 1. The zero-order chi connectivity index (χ0) is 18.7. The van der Waals surface area contributed by atoms with Crippen LogP contribution in [0.15, 0.2) is 42.5 Å². The molecular formula is C18H13ClFNO5. The van der Waals surface area contributed by atoms with Gasteiger partial charge in [-0.25, -0.2) is 9.18 Å². The summed E-state index contributed by atoms with van der Waals surface area (Å²) < 4.78 is 28.5. The first kappa shape index (κ1) is 17.8. The van der Waals surface area contributed by atoms with Gasteiger partial charge in [-0.3, -0.25) is 4.79 Å². The van der Waals surface area contributed by atoms with Gasteiger partial charge in [-0.15, -0.1) is 0 Å². The highest BCUT2D eigenvalue weighted by molar-refractivity contribution is 6.32. The summed E-state index contributed by atoms with van der Waals surface area (Å²) in [4.78, 5) is 23.6. The predicted octanol–water partition coefficient (Wildman–Crippen LogP) is 2.99. The zero-order valence-electron chi connectivity index (χ0n) is 13.3. The molecular weight excluding hydrogens is 365 g/mol. The average Bonchev–Trinajstić information content (AvgIpc) is 3.08. The van der Waals surface area contributed by atoms with Crippen LogP contribution in [-0.4, -0.2) is 18.7 Å². The van der Waals surface area contributed by atoms with Crippen molar-refractivity contribution in [2.75, 3.05) is 6.79 Å². The first-order chi connectivity index (χ1) is 12.4. The number of rotatable bonds is 5. The Labute approximate surface area is 152 Å². The monoisotopic (exact) mass is 377 g/mol. The minimum Gasteiger partial charge on any atom is -0.454 e. The molecule has 1 amide bonds. The van der Waals surface area contributed by atoms with Crippen LogP contribution in [0.25, 0.3) is 6.08 Å². The summed E-state index contributed by atoms with van der Waals surface area (Å²) in [5.74, 6) is -1.25. The molecule has 0 aliphatic carbocycles. The van der Waals surface area contributed by atoms with Crippen LogP contribution in [0.5, 0.6) is 11.5 Å². The number of hydrogen-bond acceptors (Lipinski definition) is 5. The van der Waals surface area contributed by atoms with E-state index in [4.69, 9.17) is 31.5 Å². The Hall–Kier alpha value is -3.06. The third-order valence-corrected chi connectivity index (χ3v) is 3.81. The molecule has 3 rings (SSSR count). The van der Waals surface area contributed by atoms with Crippen molar-refractivity contribution in [3.05, 3.63) is 64.4 Å². The molecule has 1 atom stereocenters. The molecule has 0 saturated heterocycles. The molecule has 0 saturated carbocycles. The molecule has 0 spiro atoms. The normalized spacial score (nSPS) is 13.6. The van der Waals surface area contributed by atoms with Gasteiger partial charge in [0, 0.05) is 11.6 Å². The number of benzene rings is 2. The van der Waals surface area contributed by atoms with Crippen LogP contribution in [-0.2, 0) is 14.3 Å². The number of hydrogen-bond donors (Lipinski definition) is 1. The third-order valence-electron chi connectivity index (χ3n) is 3.53. The second-order valence-electron chi connectivity index (χ2n) is 5.34. The van der Waals surface area contributed by atoms with Crippen molar-refractivity contribution in [1.82, 2.24) is 0 Å². The summed E-state index contributed by atoms with van der Waals surface area (Å²) >= 11 is 6.06. The number of carbonyl (C=O) groups excluding carboxylic acids is 2. The fraction of sp³-hybridized carbons (Fsp3) is 0.111. The van der Waals surface area contributed by atoms with E-state index in [1.54, 1.807) is 12.1 Å². The molecule has 2 aromatic rings. The number of carbonyl (C=O) groups is 2. The topological polar surface area (TPSA) is 87.9 Å². The van der Waals surface area contributed by atoms with Crippen LogP contribution in [0.1, 0.15) is 17.2 Å². The largest absolute Gasteiger partial charge is 0.454 e. The van der Waals surface area contributed by atoms with Gasteiger partial charge in [0.1, 0.15) is 5.82 Å². The molecule has 0 bridgehead atoms. The van der Waals surface area contributed by atoms with Crippen LogP contribution in [0.2, 0.25) is 5.02 Å². The third kappa shape index (κ3) is 3.94. The number of fused-ring (bicyclic) bond motifs is 1. The van der Waals surface area contributed by atoms with E-state index < -0.39 is 23.8 Å². The van der Waals surface area contributed by atoms with Crippen LogP contribution in [0.3, 0.4) is 0 Å². The molecule has 6 nitrogen and oxygen atoms in total. The van der Waals surface area contributed by atoms with Gasteiger partial charge >= 0.3 is 5.97 Å². The van der Waals surface area contributed by atoms with E-state index in [1.807, 2.05) is 0 Å². The molecule has 1 heterocycles. The van der Waals surface area contributed by atoms with E-state index in [0.29, 0.717) is 22.1 Å². The maximum Gasteiger partial charge on any atom is 0.331 e. The Morgan fingerprint density at radius 2 is 1.96 bits per heavy atom. The molecule has 1 aliphatic rings. The molecule has 0 radical (unpaired) electrons. The van der Waals surface area contributed by atoms with E-state index in [1.165, 1.54) is 18.2 Å². The summed E-state index contributed by atoms with van der Waals surface area (Å²) in [6, 6.07) is 8.15. The van der Waals surface area contributed by atoms with Crippen molar-refractivity contribution >= 4 is 29.6 Å². The second kappa shape index (κ2) is 7.45. The average molecular weight is 378 g/mol. The lowest BCUT2D eigenvalue weighted by Gasteiger charge is -2.13. The van der Waals surface area contributed by atoms with Crippen LogP contribution in [0.4, 0.5) is 4.39 Å². The fourth-order valence-corrected chi connectivity index (χ4v) is 2.60. The molecule has 2 aromatic carbocycles. The minimum atomic E-state index is -1.33. The summed E-state index contributed by atoms with van der Waals surface area (Å²) in [6.45, 7) is 0.0717. The van der Waals surface area contributed by atoms with Crippen molar-refractivity contribution < 1.29 is 28.2 Å². The van der Waals surface area contributed by atoms with Gasteiger partial charge in [0.25, 0.3) is 5.91 Å². The first-order valence-electron chi connectivity index (χ1n) is 7.46. The van der Waals surface area contributed by atoms with Gasteiger partial charge in [-0.2, -0.15) is 0 Å². The number of esters is 1. The molecule has 2 N–H and O–H groups in total. The van der Waals surface area contributed by atoms with E-state index >= 15 is 0 Å². The Kier molecular flexibility index (Phi) is 5.09. The van der Waals surface area contributed by atoms with Crippen molar-refractivity contribution in [2.45, 2.75) is 6.10 Å². The molecule has 8 heteroatoms. The molecule has 0 aromatic heterocycles. The molecule has 134 valence electrons. The number of amides is 1. The van der Waals surface area contributed by atoms with Gasteiger partial charge in [0.2, 0.25) is 12.9 Å². The molecule has 0 fully saturated rings. The number of nitrogens with two attached hydrogens (primary N) is 1. The highest BCUT2D eigenvalue weighted by Gasteiger charge is 2.22. The van der Waals surface area contributed by atoms with E-state index in [-0.39, 0.29) is 12.4 Å². The van der Waals surface area contributed by atoms with Crippen molar-refractivity contribution in [3.8, 4) is 11.5 Å². The van der Waals surface area contributed by atoms with E-state index in [9.17, 15) is 14.0 Å². The van der Waals surface area contributed by atoms with Gasteiger partial charge in [-0.1, -0.05) is 23.7 Å². The van der Waals surface area contributed by atoms with Gasteiger partial charge < -0.3 is 19.9 Å². The summed E-state index contributed by atoms with van der Waals surface area (Å²) in [5.41, 5.74) is 6.11. The summed E-state index contributed by atoms with van der Waals surface area (Å²) in [5, 5.41) is 0.342. The number of halogens is 2. The fourth-order valence-electron chi connectivity index (χ4n) is 2.33. The van der Waals surface area contributed by atoms with Crippen LogP contribution < -0.4 is 15.2 Å². The summed E-state index contributed by atoms with van der Waals surface area (Å²) in [7, 11) is 0. The van der Waals surface area contributed by atoms with E-state index in [0.717, 1.165) is 18.2 Å². The van der Waals surface area contributed by atoms with E-state index in [2.05, 4.69) is 0 Å². The predicted molar refractivity (Wildman–Crippen MR) is 91.0 cm³/mol. The highest BCUT2D eigenvalue weighted by atomic mass is 35.5. The molecule has 1 aliphatic heterocycles. The first-order valence-corrected chi connectivity index (χ1v) is 7.84. The van der Waals surface area contributed by atoms with Gasteiger partial charge in [-0.05, 0) is 35.9 Å². The zero-order valence-corrected chi connectivity index (χ0v) is 14.0. The standard InChI is InChI=1S/C18H13ClFNO5/c19-13-7-10(8-14-17(13)25-9-24-14)1-6-15(22)26-16(18(21)23)11-2-4-12(20)5-3-11/h1-8,16H,9H2,(H2,21,23). The maximum atomic E-state index is 13.0. The molecule has 1 unspecified atom stereocenters. The lowest BCUT2D eigenvalue weighted by atomic mass is 10.1. The second-order valence-corrected chi connectivity index (χ2v) is 5.75. The van der Waals surface area contributed by atoms with Crippen LogP contribution in [0, 0.1) is 5.82 Å². The van der Waals surface area contributed by atoms with Gasteiger partial charge in [0.15, 0.2) is 11.5 Å². The van der Waals surface area contributed by atoms with Crippen molar-refractivity contribution in [1.29, 1.82) is 0 Å². The molecule has 26 heavy (non-hydrogen) atoms. The quantitative estimate of drug-likeness (QED) is 0.639. The summed E-state index contributed by atoms with van der Waals surface area (Å²) in [6.07, 6.45) is 1.24. The van der Waals surface area contributed by atoms with Crippen molar-refractivity contribution in [3.63, 3.8) is 0 Å². The van der Waals surface area contributed by atoms with Crippen molar-refractivity contribution in [2.24, 2.45) is 5.73 Å².